The van der Waals surface area contributed by atoms with Crippen molar-refractivity contribution >= 4 is 15.9 Å². The number of nitrogens with zero attached hydrogens (tertiary/aromatic N) is 3. The van der Waals surface area contributed by atoms with Gasteiger partial charge in [0, 0.05) is 33.1 Å². The van der Waals surface area contributed by atoms with Crippen LogP contribution in [0.3, 0.4) is 0 Å². The van der Waals surface area contributed by atoms with E-state index >= 15 is 0 Å². The zero-order valence-electron chi connectivity index (χ0n) is 12.0. The average Bonchev–Trinajstić information content (AvgIpc) is 2.85. The molecule has 1 saturated heterocycles. The molecule has 20 heavy (non-hydrogen) atoms. The van der Waals surface area contributed by atoms with Crippen LogP contribution in [0, 0.1) is 12.8 Å². The third kappa shape index (κ3) is 2.71. The van der Waals surface area contributed by atoms with E-state index in [2.05, 4.69) is 10.2 Å². The maximum atomic E-state index is 12.5. The number of aromatic amines is 1. The summed E-state index contributed by atoms with van der Waals surface area (Å²) in [6, 6.07) is 0. The molecule has 1 aromatic heterocycles. The summed E-state index contributed by atoms with van der Waals surface area (Å²) in [4.78, 5) is 13.7. The number of carbonyl (C=O) groups excluding carboxylic acids is 1. The Hall–Kier alpha value is -1.41. The Morgan fingerprint density at radius 3 is 2.45 bits per heavy atom. The van der Waals surface area contributed by atoms with Crippen LogP contribution in [0.5, 0.6) is 0 Å². The SMILES string of the molecule is Cc1[nH]ncc1S(=O)(=O)N1CCC(C(=O)N(C)C)CC1. The first-order valence-corrected chi connectivity index (χ1v) is 7.99. The highest BCUT2D eigenvalue weighted by Crippen LogP contribution is 2.25. The van der Waals surface area contributed by atoms with Crippen LogP contribution >= 0.6 is 0 Å². The molecule has 0 aliphatic carbocycles. The van der Waals surface area contributed by atoms with E-state index in [1.807, 2.05) is 0 Å². The smallest absolute Gasteiger partial charge is 0.246 e. The Bertz CT molecular complexity index is 586. The molecular formula is C12H20N4O3S. The van der Waals surface area contributed by atoms with E-state index in [9.17, 15) is 13.2 Å². The average molecular weight is 300 g/mol. The van der Waals surface area contributed by atoms with Gasteiger partial charge in [0.05, 0.1) is 11.9 Å². The van der Waals surface area contributed by atoms with Gasteiger partial charge in [0.25, 0.3) is 0 Å². The number of carbonyl (C=O) groups is 1. The number of amides is 1. The maximum Gasteiger partial charge on any atom is 0.246 e. The molecule has 7 nitrogen and oxygen atoms in total. The summed E-state index contributed by atoms with van der Waals surface area (Å²) in [5.74, 6) is -0.0107. The van der Waals surface area contributed by atoms with Crippen LogP contribution in [0.4, 0.5) is 0 Å². The van der Waals surface area contributed by atoms with Gasteiger partial charge in [0.2, 0.25) is 15.9 Å². The summed E-state index contributed by atoms with van der Waals surface area (Å²) in [6.07, 6.45) is 2.46. The number of nitrogens with one attached hydrogen (secondary N) is 1. The topological polar surface area (TPSA) is 86.4 Å². The molecule has 0 saturated carbocycles. The van der Waals surface area contributed by atoms with Crippen molar-refractivity contribution < 1.29 is 13.2 Å². The standard InChI is InChI=1S/C12H20N4O3S/c1-9-11(8-13-14-9)20(18,19)16-6-4-10(5-7-16)12(17)15(2)3/h8,10H,4-7H2,1-3H3,(H,13,14). The lowest BCUT2D eigenvalue weighted by Gasteiger charge is -2.31. The van der Waals surface area contributed by atoms with Gasteiger partial charge >= 0.3 is 0 Å². The normalized spacial score (nSPS) is 18.1. The van der Waals surface area contributed by atoms with Crippen molar-refractivity contribution in [1.29, 1.82) is 0 Å². The summed E-state index contributed by atoms with van der Waals surface area (Å²) in [7, 11) is -0.0591. The van der Waals surface area contributed by atoms with Crippen LogP contribution in [0.25, 0.3) is 0 Å². The molecular weight excluding hydrogens is 280 g/mol. The molecule has 1 aliphatic heterocycles. The van der Waals surface area contributed by atoms with Gasteiger partial charge in [-0.05, 0) is 19.8 Å². The van der Waals surface area contributed by atoms with E-state index in [1.54, 1.807) is 25.9 Å². The molecule has 1 amide bonds. The number of aromatic nitrogens is 2. The van der Waals surface area contributed by atoms with E-state index in [0.717, 1.165) is 0 Å². The Balaban J connectivity index is 2.08. The van der Waals surface area contributed by atoms with Crippen molar-refractivity contribution in [2.24, 2.45) is 5.92 Å². The molecule has 0 radical (unpaired) electrons. The fourth-order valence-corrected chi connectivity index (χ4v) is 4.04. The number of piperidine rings is 1. The van der Waals surface area contributed by atoms with Crippen LogP contribution in [-0.2, 0) is 14.8 Å². The highest BCUT2D eigenvalue weighted by atomic mass is 32.2. The van der Waals surface area contributed by atoms with Crippen LogP contribution in [0.1, 0.15) is 18.5 Å². The molecule has 0 aromatic carbocycles. The number of H-pyrrole nitrogens is 1. The summed E-state index contributed by atoms with van der Waals surface area (Å²) in [5.41, 5.74) is 0.538. The van der Waals surface area contributed by atoms with E-state index in [0.29, 0.717) is 31.6 Å². The summed E-state index contributed by atoms with van der Waals surface area (Å²) in [6.45, 7) is 2.43. The van der Waals surface area contributed by atoms with Crippen molar-refractivity contribution in [3.8, 4) is 0 Å². The predicted molar refractivity (Wildman–Crippen MR) is 73.5 cm³/mol. The lowest BCUT2D eigenvalue weighted by atomic mass is 9.97. The molecule has 2 heterocycles. The Morgan fingerprint density at radius 1 is 1.40 bits per heavy atom. The Kier molecular flexibility index (Phi) is 4.14. The van der Waals surface area contributed by atoms with Crippen molar-refractivity contribution in [1.82, 2.24) is 19.4 Å². The van der Waals surface area contributed by atoms with Crippen LogP contribution in [-0.4, -0.2) is 60.9 Å². The number of rotatable bonds is 3. The minimum absolute atomic E-state index is 0.0709. The lowest BCUT2D eigenvalue weighted by Crippen LogP contribution is -2.42. The highest BCUT2D eigenvalue weighted by Gasteiger charge is 2.33. The molecule has 0 spiro atoms. The maximum absolute atomic E-state index is 12.5. The highest BCUT2D eigenvalue weighted by molar-refractivity contribution is 7.89. The summed E-state index contributed by atoms with van der Waals surface area (Å²) in [5, 5.41) is 6.40. The molecule has 8 heteroatoms. The number of aryl methyl sites for hydroxylation is 1. The lowest BCUT2D eigenvalue weighted by molar-refractivity contribution is -0.134. The fourth-order valence-electron chi connectivity index (χ4n) is 2.45. The summed E-state index contributed by atoms with van der Waals surface area (Å²) >= 11 is 0. The quantitative estimate of drug-likeness (QED) is 0.864. The monoisotopic (exact) mass is 300 g/mol. The van der Waals surface area contributed by atoms with Gasteiger partial charge < -0.3 is 4.90 Å². The molecule has 1 aromatic rings. The second-order valence-corrected chi connectivity index (χ2v) is 7.18. The molecule has 0 atom stereocenters. The first-order valence-electron chi connectivity index (χ1n) is 6.55. The van der Waals surface area contributed by atoms with Crippen LogP contribution in [0.2, 0.25) is 0 Å². The van der Waals surface area contributed by atoms with Gasteiger partial charge in [-0.3, -0.25) is 9.89 Å². The molecule has 0 bridgehead atoms. The molecule has 1 N–H and O–H groups in total. The number of hydrogen-bond acceptors (Lipinski definition) is 4. The minimum Gasteiger partial charge on any atom is -0.349 e. The first-order chi connectivity index (χ1) is 9.34. The van der Waals surface area contributed by atoms with E-state index in [4.69, 9.17) is 0 Å². The van der Waals surface area contributed by atoms with Crippen LogP contribution in [0.15, 0.2) is 11.1 Å². The van der Waals surface area contributed by atoms with Crippen molar-refractivity contribution in [3.05, 3.63) is 11.9 Å². The second-order valence-electron chi connectivity index (χ2n) is 5.27. The van der Waals surface area contributed by atoms with Gasteiger partial charge in [-0.25, -0.2) is 8.42 Å². The molecule has 112 valence electrons. The first kappa shape index (κ1) is 15.0. The van der Waals surface area contributed by atoms with E-state index in [-0.39, 0.29) is 16.7 Å². The summed E-state index contributed by atoms with van der Waals surface area (Å²) < 4.78 is 26.3. The van der Waals surface area contributed by atoms with Gasteiger partial charge in [-0.1, -0.05) is 0 Å². The van der Waals surface area contributed by atoms with Gasteiger partial charge in [-0.2, -0.15) is 9.40 Å². The van der Waals surface area contributed by atoms with Crippen molar-refractivity contribution in [2.75, 3.05) is 27.2 Å². The van der Waals surface area contributed by atoms with Crippen molar-refractivity contribution in [2.45, 2.75) is 24.7 Å². The van der Waals surface area contributed by atoms with Gasteiger partial charge in [0.15, 0.2) is 0 Å². The Labute approximate surface area is 119 Å². The predicted octanol–water partition coefficient (Wildman–Crippen LogP) is 0.207. The van der Waals surface area contributed by atoms with E-state index < -0.39 is 10.0 Å². The molecule has 1 aliphatic rings. The molecule has 0 unspecified atom stereocenters. The largest absolute Gasteiger partial charge is 0.349 e. The van der Waals surface area contributed by atoms with Gasteiger partial charge in [0.1, 0.15) is 4.90 Å². The zero-order chi connectivity index (χ0) is 14.9. The van der Waals surface area contributed by atoms with Crippen LogP contribution < -0.4 is 0 Å². The van der Waals surface area contributed by atoms with Crippen molar-refractivity contribution in [3.63, 3.8) is 0 Å². The Morgan fingerprint density at radius 2 is 2.00 bits per heavy atom. The third-order valence-corrected chi connectivity index (χ3v) is 5.66. The zero-order valence-corrected chi connectivity index (χ0v) is 12.8. The molecule has 2 rings (SSSR count). The fraction of sp³-hybridized carbons (Fsp3) is 0.667. The minimum atomic E-state index is -3.50. The van der Waals surface area contributed by atoms with Gasteiger partial charge in [-0.15, -0.1) is 0 Å². The van der Waals surface area contributed by atoms with E-state index in [1.165, 1.54) is 10.5 Å². The third-order valence-electron chi connectivity index (χ3n) is 3.65. The number of sulfonamides is 1. The molecule has 1 fully saturated rings. The second kappa shape index (κ2) is 5.53. The number of hydrogen-bond donors (Lipinski definition) is 1.